The first kappa shape index (κ1) is 23.1. The van der Waals surface area contributed by atoms with E-state index in [0.717, 1.165) is 22.3 Å². The van der Waals surface area contributed by atoms with Gasteiger partial charge < -0.3 is 9.84 Å². The summed E-state index contributed by atoms with van der Waals surface area (Å²) >= 11 is 0. The fourth-order valence-electron chi connectivity index (χ4n) is 3.41. The molecular weight excluding hydrogens is 386 g/mol. The molecule has 0 radical (unpaired) electrons. The number of halogens is 2. The molecule has 0 aromatic heterocycles. The smallest absolute Gasteiger partial charge is 0.303 e. The van der Waals surface area contributed by atoms with Crippen LogP contribution in [0.15, 0.2) is 60.7 Å². The predicted octanol–water partition coefficient (Wildman–Crippen LogP) is 6.93. The van der Waals surface area contributed by atoms with E-state index in [2.05, 4.69) is 0 Å². The Bertz CT molecular complexity index is 1030. The first-order chi connectivity index (χ1) is 13.9. The Morgan fingerprint density at radius 2 is 1.70 bits per heavy atom. The predicted molar refractivity (Wildman–Crippen MR) is 116 cm³/mol. The Balaban J connectivity index is 0.00000320. The molecule has 0 bridgehead atoms. The number of carboxylic acids is 1. The van der Waals surface area contributed by atoms with Crippen molar-refractivity contribution in [1.29, 1.82) is 0 Å². The van der Waals surface area contributed by atoms with Crippen LogP contribution >= 0.6 is 0 Å². The molecule has 158 valence electrons. The van der Waals surface area contributed by atoms with E-state index in [9.17, 15) is 13.6 Å². The number of carbonyl (C=O) groups is 1. The number of hydrogen-bond donors (Lipinski definition) is 1. The summed E-state index contributed by atoms with van der Waals surface area (Å²) in [6.45, 7) is 1.92. The maximum Gasteiger partial charge on any atom is 0.303 e. The van der Waals surface area contributed by atoms with Crippen LogP contribution in [0.2, 0.25) is 0 Å². The molecule has 0 spiro atoms. The fourth-order valence-corrected chi connectivity index (χ4v) is 3.41. The Morgan fingerprint density at radius 3 is 2.33 bits per heavy atom. The zero-order chi connectivity index (χ0) is 21.0. The normalized spacial score (nSPS) is 10.6. The van der Waals surface area contributed by atoms with Gasteiger partial charge in [-0.2, -0.15) is 0 Å². The SMILES string of the molecule is C.COc1ccc(-c2ccc(-c3cccc(C)c3)c(C(F)F)c2)c(CCC(=O)O)c1. The summed E-state index contributed by atoms with van der Waals surface area (Å²) in [5.74, 6) is -0.318. The average molecular weight is 412 g/mol. The molecule has 30 heavy (non-hydrogen) atoms. The van der Waals surface area contributed by atoms with E-state index in [-0.39, 0.29) is 25.8 Å². The highest BCUT2D eigenvalue weighted by molar-refractivity contribution is 5.76. The third-order valence-electron chi connectivity index (χ3n) is 4.85. The van der Waals surface area contributed by atoms with Gasteiger partial charge in [-0.15, -0.1) is 0 Å². The molecule has 0 saturated carbocycles. The topological polar surface area (TPSA) is 46.5 Å². The van der Waals surface area contributed by atoms with Crippen molar-refractivity contribution in [3.05, 3.63) is 77.4 Å². The second-order valence-electron chi connectivity index (χ2n) is 6.89. The zero-order valence-corrected chi connectivity index (χ0v) is 16.3. The molecule has 3 nitrogen and oxygen atoms in total. The lowest BCUT2D eigenvalue weighted by Crippen LogP contribution is -2.00. The maximum absolute atomic E-state index is 13.9. The summed E-state index contributed by atoms with van der Waals surface area (Å²) in [6, 6.07) is 17.8. The zero-order valence-electron chi connectivity index (χ0n) is 16.3. The van der Waals surface area contributed by atoms with E-state index >= 15 is 0 Å². The molecule has 0 heterocycles. The molecule has 0 unspecified atom stereocenters. The highest BCUT2D eigenvalue weighted by Crippen LogP contribution is 2.37. The van der Waals surface area contributed by atoms with E-state index in [0.29, 0.717) is 16.9 Å². The van der Waals surface area contributed by atoms with Gasteiger partial charge in [-0.1, -0.05) is 55.5 Å². The molecule has 0 aliphatic heterocycles. The van der Waals surface area contributed by atoms with Crippen molar-refractivity contribution in [2.75, 3.05) is 7.11 Å². The van der Waals surface area contributed by atoms with Crippen molar-refractivity contribution in [2.45, 2.75) is 33.6 Å². The summed E-state index contributed by atoms with van der Waals surface area (Å²) < 4.78 is 33.0. The lowest BCUT2D eigenvalue weighted by Gasteiger charge is -2.15. The van der Waals surface area contributed by atoms with Gasteiger partial charge in [0.15, 0.2) is 0 Å². The first-order valence-electron chi connectivity index (χ1n) is 9.27. The number of benzene rings is 3. The van der Waals surface area contributed by atoms with Gasteiger partial charge in [0.25, 0.3) is 6.43 Å². The Hall–Kier alpha value is -3.21. The van der Waals surface area contributed by atoms with Gasteiger partial charge in [-0.25, -0.2) is 8.78 Å². The van der Waals surface area contributed by atoms with Crippen molar-refractivity contribution in [1.82, 2.24) is 0 Å². The van der Waals surface area contributed by atoms with E-state index in [1.54, 1.807) is 30.3 Å². The van der Waals surface area contributed by atoms with Gasteiger partial charge in [0.2, 0.25) is 0 Å². The summed E-state index contributed by atoms with van der Waals surface area (Å²) in [5.41, 5.74) is 4.28. The van der Waals surface area contributed by atoms with Gasteiger partial charge in [-0.05, 0) is 59.4 Å². The lowest BCUT2D eigenvalue weighted by molar-refractivity contribution is -0.136. The number of rotatable bonds is 7. The third kappa shape index (κ3) is 5.23. The van der Waals surface area contributed by atoms with Crippen LogP contribution in [0.3, 0.4) is 0 Å². The fraction of sp³-hybridized carbons (Fsp3) is 0.240. The summed E-state index contributed by atoms with van der Waals surface area (Å²) in [4.78, 5) is 11.0. The molecule has 3 rings (SSSR count). The first-order valence-corrected chi connectivity index (χ1v) is 9.27. The van der Waals surface area contributed by atoms with Crippen LogP contribution in [0.1, 0.15) is 37.0 Å². The minimum Gasteiger partial charge on any atom is -0.497 e. The van der Waals surface area contributed by atoms with E-state index in [1.807, 2.05) is 31.2 Å². The highest BCUT2D eigenvalue weighted by atomic mass is 19.3. The second kappa shape index (κ2) is 10.0. The van der Waals surface area contributed by atoms with Gasteiger partial charge in [0.05, 0.1) is 7.11 Å². The van der Waals surface area contributed by atoms with Gasteiger partial charge in [0.1, 0.15) is 5.75 Å². The van der Waals surface area contributed by atoms with Crippen molar-refractivity contribution in [2.24, 2.45) is 0 Å². The second-order valence-corrected chi connectivity index (χ2v) is 6.89. The number of methoxy groups -OCH3 is 1. The monoisotopic (exact) mass is 412 g/mol. The molecule has 5 heteroatoms. The molecule has 1 N–H and O–H groups in total. The summed E-state index contributed by atoms with van der Waals surface area (Å²) in [7, 11) is 1.53. The highest BCUT2D eigenvalue weighted by Gasteiger charge is 2.17. The molecule has 0 fully saturated rings. The van der Waals surface area contributed by atoms with Crippen molar-refractivity contribution in [3.63, 3.8) is 0 Å². The average Bonchev–Trinajstić information content (AvgIpc) is 2.71. The van der Waals surface area contributed by atoms with Crippen molar-refractivity contribution < 1.29 is 23.4 Å². The van der Waals surface area contributed by atoms with E-state index < -0.39 is 12.4 Å². The quantitative estimate of drug-likeness (QED) is 0.458. The van der Waals surface area contributed by atoms with Gasteiger partial charge in [-0.3, -0.25) is 4.79 Å². The van der Waals surface area contributed by atoms with Gasteiger partial charge >= 0.3 is 5.97 Å². The third-order valence-corrected chi connectivity index (χ3v) is 4.85. The Morgan fingerprint density at radius 1 is 1.00 bits per heavy atom. The van der Waals surface area contributed by atoms with Crippen LogP contribution < -0.4 is 4.74 Å². The van der Waals surface area contributed by atoms with E-state index in [4.69, 9.17) is 9.84 Å². The number of aryl methyl sites for hydroxylation is 2. The Labute approximate surface area is 176 Å². The summed E-state index contributed by atoms with van der Waals surface area (Å²) in [5, 5.41) is 9.03. The molecule has 3 aromatic rings. The van der Waals surface area contributed by atoms with Crippen LogP contribution in [0.5, 0.6) is 5.75 Å². The molecule has 0 aliphatic rings. The number of alkyl halides is 2. The summed E-state index contributed by atoms with van der Waals surface area (Å²) in [6.07, 6.45) is -2.40. The minimum atomic E-state index is -2.63. The molecule has 0 saturated heterocycles. The van der Waals surface area contributed by atoms with Crippen LogP contribution in [-0.2, 0) is 11.2 Å². The molecule has 3 aromatic carbocycles. The molecule has 0 aliphatic carbocycles. The molecule has 0 atom stereocenters. The maximum atomic E-state index is 13.9. The van der Waals surface area contributed by atoms with E-state index in [1.165, 1.54) is 13.2 Å². The van der Waals surface area contributed by atoms with Crippen LogP contribution in [0, 0.1) is 6.92 Å². The number of carboxylic acid groups (broad SMARTS) is 1. The molecular formula is C25H26F2O3. The van der Waals surface area contributed by atoms with Crippen LogP contribution in [0.4, 0.5) is 8.78 Å². The van der Waals surface area contributed by atoms with Crippen molar-refractivity contribution >= 4 is 5.97 Å². The largest absolute Gasteiger partial charge is 0.497 e. The van der Waals surface area contributed by atoms with Crippen molar-refractivity contribution in [3.8, 4) is 28.0 Å². The molecule has 0 amide bonds. The lowest BCUT2D eigenvalue weighted by atomic mass is 9.91. The van der Waals surface area contributed by atoms with Crippen LogP contribution in [0.25, 0.3) is 22.3 Å². The standard InChI is InChI=1S/C24H22F2O3.CH4/c1-15-4-3-5-16(12-15)21-9-6-18(14-22(21)24(25)26)20-10-8-19(29-2)13-17(20)7-11-23(27)28;/h3-6,8-10,12-14,24H,7,11H2,1-2H3,(H,27,28);1H4. The Kier molecular flexibility index (Phi) is 7.70. The number of aliphatic carboxylic acids is 1. The number of hydrogen-bond acceptors (Lipinski definition) is 2. The number of ether oxygens (including phenoxy) is 1. The minimum absolute atomic E-state index is 0. The van der Waals surface area contributed by atoms with Crippen LogP contribution in [-0.4, -0.2) is 18.2 Å². The van der Waals surface area contributed by atoms with Gasteiger partial charge in [0, 0.05) is 12.0 Å².